The Hall–Kier alpha value is -2.69. The number of hydrogen-bond donors (Lipinski definition) is 2. The van der Waals surface area contributed by atoms with Gasteiger partial charge in [-0.05, 0) is 31.2 Å². The van der Waals surface area contributed by atoms with E-state index in [1.165, 1.54) is 5.56 Å². The molecule has 0 aliphatic rings. The summed E-state index contributed by atoms with van der Waals surface area (Å²) in [5.41, 5.74) is 2.33. The SMILES string of the molecule is Cc1ccc(OCCNC(=O)NCCN(C)c2ccccc2)cc1. The summed E-state index contributed by atoms with van der Waals surface area (Å²) in [5, 5.41) is 5.63. The predicted molar refractivity (Wildman–Crippen MR) is 97.8 cm³/mol. The summed E-state index contributed by atoms with van der Waals surface area (Å²) >= 11 is 0. The van der Waals surface area contributed by atoms with E-state index in [0.29, 0.717) is 19.7 Å². The normalized spacial score (nSPS) is 10.1. The fraction of sp³-hybridized carbons (Fsp3) is 0.316. The molecule has 0 atom stereocenters. The van der Waals surface area contributed by atoms with Crippen LogP contribution in [0.15, 0.2) is 54.6 Å². The maximum Gasteiger partial charge on any atom is 0.314 e. The van der Waals surface area contributed by atoms with Crippen molar-refractivity contribution in [3.05, 3.63) is 60.2 Å². The minimum absolute atomic E-state index is 0.177. The Bertz CT molecular complexity index is 614. The largest absolute Gasteiger partial charge is 0.492 e. The number of amides is 2. The first-order chi connectivity index (χ1) is 11.6. The first-order valence-electron chi connectivity index (χ1n) is 8.12. The molecule has 0 aliphatic heterocycles. The third-order valence-corrected chi connectivity index (χ3v) is 3.61. The molecule has 5 nitrogen and oxygen atoms in total. The standard InChI is InChI=1S/C19H25N3O2/c1-16-8-10-18(11-9-16)24-15-13-21-19(23)20-12-14-22(2)17-6-4-3-5-7-17/h3-11H,12-15H2,1-2H3,(H2,20,21,23). The van der Waals surface area contributed by atoms with Crippen molar-refractivity contribution in [2.24, 2.45) is 0 Å². The second kappa shape index (κ2) is 9.45. The van der Waals surface area contributed by atoms with Gasteiger partial charge in [-0.25, -0.2) is 4.79 Å². The van der Waals surface area contributed by atoms with Gasteiger partial charge in [0.05, 0.1) is 6.54 Å². The van der Waals surface area contributed by atoms with Gasteiger partial charge in [0, 0.05) is 25.8 Å². The number of hydrogen-bond acceptors (Lipinski definition) is 3. The minimum atomic E-state index is -0.177. The first kappa shape index (κ1) is 17.7. The van der Waals surface area contributed by atoms with Crippen LogP contribution >= 0.6 is 0 Å². The number of para-hydroxylation sites is 1. The zero-order valence-electron chi connectivity index (χ0n) is 14.3. The molecule has 0 saturated heterocycles. The molecule has 0 bridgehead atoms. The van der Waals surface area contributed by atoms with Crippen molar-refractivity contribution in [2.75, 3.05) is 38.2 Å². The van der Waals surface area contributed by atoms with Crippen LogP contribution in [0.25, 0.3) is 0 Å². The number of ether oxygens (including phenoxy) is 1. The lowest BCUT2D eigenvalue weighted by molar-refractivity contribution is 0.236. The molecule has 0 radical (unpaired) electrons. The number of likely N-dealkylation sites (N-methyl/N-ethyl adjacent to an activating group) is 1. The number of benzene rings is 2. The smallest absolute Gasteiger partial charge is 0.314 e. The fourth-order valence-electron chi connectivity index (χ4n) is 2.18. The Labute approximate surface area is 143 Å². The number of urea groups is 1. The van der Waals surface area contributed by atoms with Gasteiger partial charge in [0.15, 0.2) is 0 Å². The summed E-state index contributed by atoms with van der Waals surface area (Å²) in [5.74, 6) is 0.812. The molecule has 2 rings (SSSR count). The van der Waals surface area contributed by atoms with Crippen molar-refractivity contribution in [2.45, 2.75) is 6.92 Å². The summed E-state index contributed by atoms with van der Waals surface area (Å²) in [4.78, 5) is 13.8. The summed E-state index contributed by atoms with van der Waals surface area (Å²) in [6.07, 6.45) is 0. The molecule has 5 heteroatoms. The van der Waals surface area contributed by atoms with E-state index in [0.717, 1.165) is 18.0 Å². The number of nitrogens with one attached hydrogen (secondary N) is 2. The number of anilines is 1. The van der Waals surface area contributed by atoms with Gasteiger partial charge in [-0.15, -0.1) is 0 Å². The molecule has 128 valence electrons. The van der Waals surface area contributed by atoms with Crippen molar-refractivity contribution in [3.8, 4) is 5.75 Å². The zero-order valence-corrected chi connectivity index (χ0v) is 14.3. The lowest BCUT2D eigenvalue weighted by Crippen LogP contribution is -2.41. The van der Waals surface area contributed by atoms with Gasteiger partial charge in [-0.3, -0.25) is 0 Å². The van der Waals surface area contributed by atoms with Crippen molar-refractivity contribution in [1.29, 1.82) is 0 Å². The molecular formula is C19H25N3O2. The molecule has 0 fully saturated rings. The van der Waals surface area contributed by atoms with Crippen LogP contribution in [0.2, 0.25) is 0 Å². The van der Waals surface area contributed by atoms with Gasteiger partial charge < -0.3 is 20.3 Å². The van der Waals surface area contributed by atoms with Crippen LogP contribution in [0.3, 0.4) is 0 Å². The van der Waals surface area contributed by atoms with E-state index in [4.69, 9.17) is 4.74 Å². The highest BCUT2D eigenvalue weighted by Gasteiger charge is 2.02. The van der Waals surface area contributed by atoms with Gasteiger partial charge in [0.1, 0.15) is 12.4 Å². The van der Waals surface area contributed by atoms with Crippen LogP contribution in [-0.4, -0.2) is 39.3 Å². The van der Waals surface area contributed by atoms with Gasteiger partial charge in [0.25, 0.3) is 0 Å². The van der Waals surface area contributed by atoms with Gasteiger partial charge in [-0.1, -0.05) is 35.9 Å². The molecule has 2 N–H and O–H groups in total. The van der Waals surface area contributed by atoms with Crippen LogP contribution in [-0.2, 0) is 0 Å². The molecule has 2 aromatic carbocycles. The Morgan fingerprint density at radius 1 is 1.00 bits per heavy atom. The quantitative estimate of drug-likeness (QED) is 0.733. The lowest BCUT2D eigenvalue weighted by atomic mass is 10.2. The fourth-order valence-corrected chi connectivity index (χ4v) is 2.18. The molecule has 0 spiro atoms. The van der Waals surface area contributed by atoms with E-state index < -0.39 is 0 Å². The van der Waals surface area contributed by atoms with E-state index in [1.54, 1.807) is 0 Å². The van der Waals surface area contributed by atoms with Crippen LogP contribution in [0.4, 0.5) is 10.5 Å². The van der Waals surface area contributed by atoms with Crippen LogP contribution < -0.4 is 20.3 Å². The van der Waals surface area contributed by atoms with E-state index in [2.05, 4.69) is 15.5 Å². The molecule has 0 saturated carbocycles. The Morgan fingerprint density at radius 3 is 2.38 bits per heavy atom. The zero-order chi connectivity index (χ0) is 17.2. The van der Waals surface area contributed by atoms with Crippen molar-refractivity contribution in [3.63, 3.8) is 0 Å². The second-order valence-electron chi connectivity index (χ2n) is 5.60. The van der Waals surface area contributed by atoms with Gasteiger partial charge >= 0.3 is 6.03 Å². The Kier molecular flexibility index (Phi) is 6.95. The van der Waals surface area contributed by atoms with E-state index in [-0.39, 0.29) is 6.03 Å². The molecule has 2 aromatic rings. The summed E-state index contributed by atoms with van der Waals surface area (Å²) in [6, 6.07) is 17.7. The second-order valence-corrected chi connectivity index (χ2v) is 5.60. The highest BCUT2D eigenvalue weighted by atomic mass is 16.5. The first-order valence-corrected chi connectivity index (χ1v) is 8.12. The maximum absolute atomic E-state index is 11.7. The van der Waals surface area contributed by atoms with Crippen LogP contribution in [0.5, 0.6) is 5.75 Å². The van der Waals surface area contributed by atoms with Gasteiger partial charge in [0.2, 0.25) is 0 Å². The number of carbonyl (C=O) groups is 1. The molecule has 24 heavy (non-hydrogen) atoms. The average molecular weight is 327 g/mol. The highest BCUT2D eigenvalue weighted by molar-refractivity contribution is 5.73. The van der Waals surface area contributed by atoms with E-state index >= 15 is 0 Å². The molecular weight excluding hydrogens is 302 g/mol. The molecule has 0 unspecified atom stereocenters. The van der Waals surface area contributed by atoms with E-state index in [9.17, 15) is 4.79 Å². The third-order valence-electron chi connectivity index (χ3n) is 3.61. The Balaban J connectivity index is 1.56. The summed E-state index contributed by atoms with van der Waals surface area (Å²) < 4.78 is 5.56. The van der Waals surface area contributed by atoms with Crippen LogP contribution in [0.1, 0.15) is 5.56 Å². The molecule has 0 aliphatic carbocycles. The third kappa shape index (κ3) is 6.20. The minimum Gasteiger partial charge on any atom is -0.492 e. The number of nitrogens with zero attached hydrogens (tertiary/aromatic N) is 1. The lowest BCUT2D eigenvalue weighted by Gasteiger charge is -2.19. The highest BCUT2D eigenvalue weighted by Crippen LogP contribution is 2.11. The number of aryl methyl sites for hydroxylation is 1. The topological polar surface area (TPSA) is 53.6 Å². The van der Waals surface area contributed by atoms with Crippen molar-refractivity contribution < 1.29 is 9.53 Å². The monoisotopic (exact) mass is 327 g/mol. The number of rotatable bonds is 8. The van der Waals surface area contributed by atoms with Gasteiger partial charge in [-0.2, -0.15) is 0 Å². The Morgan fingerprint density at radius 2 is 1.67 bits per heavy atom. The van der Waals surface area contributed by atoms with Crippen molar-refractivity contribution in [1.82, 2.24) is 10.6 Å². The average Bonchev–Trinajstić information content (AvgIpc) is 2.61. The summed E-state index contributed by atoms with van der Waals surface area (Å²) in [6.45, 7) is 4.27. The molecule has 0 heterocycles. The predicted octanol–water partition coefficient (Wildman–Crippen LogP) is 2.81. The molecule has 2 amide bonds. The van der Waals surface area contributed by atoms with Crippen LogP contribution in [0, 0.1) is 6.92 Å². The van der Waals surface area contributed by atoms with Crippen molar-refractivity contribution >= 4 is 11.7 Å². The maximum atomic E-state index is 11.7. The summed E-state index contributed by atoms with van der Waals surface area (Å²) in [7, 11) is 2.00. The number of carbonyl (C=O) groups excluding carboxylic acids is 1. The van der Waals surface area contributed by atoms with E-state index in [1.807, 2.05) is 68.6 Å². The molecule has 0 aromatic heterocycles.